The number of rotatable bonds is 1. The maximum absolute atomic E-state index is 8.94. The third-order valence-corrected chi connectivity index (χ3v) is 2.46. The van der Waals surface area contributed by atoms with Gasteiger partial charge in [-0.05, 0) is 31.2 Å². The summed E-state index contributed by atoms with van der Waals surface area (Å²) in [4.78, 5) is 5.94. The van der Waals surface area contributed by atoms with Gasteiger partial charge in [0.1, 0.15) is 11.5 Å². The van der Waals surface area contributed by atoms with Gasteiger partial charge in [0.2, 0.25) is 0 Å². The second-order valence-electron chi connectivity index (χ2n) is 4.02. The summed E-state index contributed by atoms with van der Waals surface area (Å²) in [7, 11) is 4.02. The number of aromatic nitrogens is 1. The molecule has 96 valence electrons. The summed E-state index contributed by atoms with van der Waals surface area (Å²) in [6, 6.07) is 8.61. The summed E-state index contributed by atoms with van der Waals surface area (Å²) < 4.78 is 0. The quantitative estimate of drug-likeness (QED) is 0.812. The van der Waals surface area contributed by atoms with Gasteiger partial charge in [-0.2, -0.15) is 0 Å². The molecule has 4 heteroatoms. The van der Waals surface area contributed by atoms with Crippen molar-refractivity contribution in [2.75, 3.05) is 19.0 Å². The van der Waals surface area contributed by atoms with Gasteiger partial charge in [0.05, 0.1) is 0 Å². The van der Waals surface area contributed by atoms with Gasteiger partial charge in [-0.15, -0.1) is 0 Å². The maximum Gasteiger partial charge on any atom is 0.122 e. The van der Waals surface area contributed by atoms with Gasteiger partial charge in [-0.1, -0.05) is 6.07 Å². The molecule has 0 amide bonds. The Kier molecular flexibility index (Phi) is 4.99. The van der Waals surface area contributed by atoms with Gasteiger partial charge < -0.3 is 15.1 Å². The highest BCUT2D eigenvalue weighted by Crippen LogP contribution is 2.23. The first-order chi connectivity index (χ1) is 8.52. The third-order valence-electron chi connectivity index (χ3n) is 2.46. The molecule has 0 atom stereocenters. The Morgan fingerprint density at radius 2 is 1.44 bits per heavy atom. The van der Waals surface area contributed by atoms with Crippen molar-refractivity contribution in [1.82, 2.24) is 4.98 Å². The minimum absolute atomic E-state index is 0.134. The summed E-state index contributed by atoms with van der Waals surface area (Å²) in [5.41, 5.74) is 1.71. The van der Waals surface area contributed by atoms with Crippen LogP contribution in [0.4, 0.5) is 5.69 Å². The predicted molar refractivity (Wildman–Crippen MR) is 73.1 cm³/mol. The van der Waals surface area contributed by atoms with Crippen LogP contribution in [0.15, 0.2) is 42.7 Å². The molecule has 0 unspecified atom stereocenters. The number of pyridine rings is 1. The van der Waals surface area contributed by atoms with Gasteiger partial charge in [-0.25, -0.2) is 0 Å². The van der Waals surface area contributed by atoms with Crippen molar-refractivity contribution >= 4 is 5.69 Å². The monoisotopic (exact) mass is 246 g/mol. The Bertz CT molecular complexity index is 464. The van der Waals surface area contributed by atoms with Crippen molar-refractivity contribution < 1.29 is 10.2 Å². The van der Waals surface area contributed by atoms with Crippen molar-refractivity contribution in [3.8, 4) is 11.5 Å². The van der Waals surface area contributed by atoms with Crippen LogP contribution in [-0.2, 0) is 0 Å². The lowest BCUT2D eigenvalue weighted by atomic mass is 10.2. The molecule has 0 bridgehead atoms. The molecule has 0 saturated heterocycles. The molecule has 0 radical (unpaired) electrons. The molecule has 0 aliphatic heterocycles. The molecular weight excluding hydrogens is 228 g/mol. The second-order valence-corrected chi connectivity index (χ2v) is 4.02. The van der Waals surface area contributed by atoms with Crippen LogP contribution in [0.25, 0.3) is 0 Å². The first-order valence-corrected chi connectivity index (χ1v) is 5.57. The SMILES string of the molecule is CN(C)c1ccncc1.Cc1c(O)cccc1O. The van der Waals surface area contributed by atoms with Crippen molar-refractivity contribution in [3.05, 3.63) is 48.3 Å². The Morgan fingerprint density at radius 1 is 0.944 bits per heavy atom. The van der Waals surface area contributed by atoms with Crippen LogP contribution in [0.5, 0.6) is 11.5 Å². The fraction of sp³-hybridized carbons (Fsp3) is 0.214. The van der Waals surface area contributed by atoms with E-state index in [0.29, 0.717) is 5.56 Å². The van der Waals surface area contributed by atoms with Gasteiger partial charge in [0, 0.05) is 37.7 Å². The zero-order valence-electron chi connectivity index (χ0n) is 10.8. The predicted octanol–water partition coefficient (Wildman–Crippen LogP) is 2.55. The van der Waals surface area contributed by atoms with E-state index in [0.717, 1.165) is 0 Å². The van der Waals surface area contributed by atoms with Gasteiger partial charge in [0.25, 0.3) is 0 Å². The molecule has 0 spiro atoms. The van der Waals surface area contributed by atoms with Crippen molar-refractivity contribution in [2.45, 2.75) is 6.92 Å². The van der Waals surface area contributed by atoms with E-state index in [1.807, 2.05) is 31.1 Å². The molecule has 1 aromatic heterocycles. The van der Waals surface area contributed by atoms with E-state index >= 15 is 0 Å². The zero-order valence-corrected chi connectivity index (χ0v) is 10.8. The molecule has 1 aromatic carbocycles. The topological polar surface area (TPSA) is 56.6 Å². The number of phenolic OH excluding ortho intramolecular Hbond substituents is 2. The highest BCUT2D eigenvalue weighted by atomic mass is 16.3. The van der Waals surface area contributed by atoms with E-state index < -0.39 is 0 Å². The smallest absolute Gasteiger partial charge is 0.122 e. The van der Waals surface area contributed by atoms with Crippen LogP contribution in [0, 0.1) is 6.92 Å². The Hall–Kier alpha value is -2.23. The number of nitrogens with zero attached hydrogens (tertiary/aromatic N) is 2. The molecule has 2 rings (SSSR count). The third kappa shape index (κ3) is 3.97. The van der Waals surface area contributed by atoms with Crippen LogP contribution in [-0.4, -0.2) is 29.3 Å². The van der Waals surface area contributed by atoms with Crippen LogP contribution < -0.4 is 4.90 Å². The van der Waals surface area contributed by atoms with E-state index in [1.165, 1.54) is 17.8 Å². The van der Waals surface area contributed by atoms with Gasteiger partial charge >= 0.3 is 0 Å². The molecule has 4 nitrogen and oxygen atoms in total. The number of hydrogen-bond acceptors (Lipinski definition) is 4. The lowest BCUT2D eigenvalue weighted by molar-refractivity contribution is 0.443. The highest BCUT2D eigenvalue weighted by molar-refractivity contribution is 5.42. The van der Waals surface area contributed by atoms with Gasteiger partial charge in [0.15, 0.2) is 0 Å². The molecule has 0 aliphatic rings. The van der Waals surface area contributed by atoms with E-state index in [9.17, 15) is 0 Å². The number of phenols is 2. The summed E-state index contributed by atoms with van der Waals surface area (Å²) in [5, 5.41) is 17.9. The van der Waals surface area contributed by atoms with Crippen LogP contribution >= 0.6 is 0 Å². The summed E-state index contributed by atoms with van der Waals surface area (Å²) in [6.07, 6.45) is 3.57. The van der Waals surface area contributed by atoms with E-state index in [-0.39, 0.29) is 11.5 Å². The zero-order chi connectivity index (χ0) is 13.5. The fourth-order valence-corrected chi connectivity index (χ4v) is 1.25. The molecule has 0 aliphatic carbocycles. The Morgan fingerprint density at radius 3 is 1.78 bits per heavy atom. The fourth-order valence-electron chi connectivity index (χ4n) is 1.25. The molecule has 0 saturated carbocycles. The minimum atomic E-state index is 0.134. The van der Waals surface area contributed by atoms with Crippen LogP contribution in [0.2, 0.25) is 0 Å². The van der Waals surface area contributed by atoms with Crippen molar-refractivity contribution in [1.29, 1.82) is 0 Å². The van der Waals surface area contributed by atoms with Gasteiger partial charge in [-0.3, -0.25) is 4.98 Å². The summed E-state index contributed by atoms with van der Waals surface area (Å²) in [5.74, 6) is 0.269. The van der Waals surface area contributed by atoms with E-state index in [4.69, 9.17) is 10.2 Å². The number of anilines is 1. The maximum atomic E-state index is 8.94. The first-order valence-electron chi connectivity index (χ1n) is 5.57. The largest absolute Gasteiger partial charge is 0.508 e. The van der Waals surface area contributed by atoms with Crippen LogP contribution in [0.1, 0.15) is 5.56 Å². The molecule has 2 N–H and O–H groups in total. The minimum Gasteiger partial charge on any atom is -0.508 e. The number of aromatic hydroxyl groups is 2. The van der Waals surface area contributed by atoms with Crippen molar-refractivity contribution in [3.63, 3.8) is 0 Å². The van der Waals surface area contributed by atoms with E-state index in [1.54, 1.807) is 25.4 Å². The van der Waals surface area contributed by atoms with Crippen LogP contribution in [0.3, 0.4) is 0 Å². The van der Waals surface area contributed by atoms with Crippen molar-refractivity contribution in [2.24, 2.45) is 0 Å². The normalized spacial score (nSPS) is 9.28. The Balaban J connectivity index is 0.000000180. The number of hydrogen-bond donors (Lipinski definition) is 2. The lowest BCUT2D eigenvalue weighted by Crippen LogP contribution is -2.07. The average molecular weight is 246 g/mol. The first kappa shape index (κ1) is 13.8. The highest BCUT2D eigenvalue weighted by Gasteiger charge is 1.97. The Labute approximate surface area is 107 Å². The molecule has 18 heavy (non-hydrogen) atoms. The lowest BCUT2D eigenvalue weighted by Gasteiger charge is -2.10. The molecule has 2 aromatic rings. The number of benzene rings is 1. The summed E-state index contributed by atoms with van der Waals surface area (Å²) >= 11 is 0. The molecule has 1 heterocycles. The standard InChI is InChI=1S/C7H10N2.C7H8O2/c1-9(2)7-3-5-8-6-4-7;1-5-6(8)3-2-4-7(5)9/h3-6H,1-2H3;2-4,8-9H,1H3. The van der Waals surface area contributed by atoms with E-state index in [2.05, 4.69) is 4.98 Å². The average Bonchev–Trinajstić information content (AvgIpc) is 2.38. The molecule has 0 fully saturated rings. The molecular formula is C14H18N2O2. The second kappa shape index (κ2) is 6.49. The summed E-state index contributed by atoms with van der Waals surface area (Å²) in [6.45, 7) is 1.66.